The molecule has 4 N–H and O–H groups in total. The van der Waals surface area contributed by atoms with Crippen LogP contribution >= 0.6 is 0 Å². The molecule has 30 heavy (non-hydrogen) atoms. The molecule has 0 aliphatic heterocycles. The number of carboxylic acid groups (broad SMARTS) is 1. The first kappa shape index (κ1) is 22.8. The van der Waals surface area contributed by atoms with Crippen molar-refractivity contribution in [3.05, 3.63) is 54.0 Å². The first-order chi connectivity index (χ1) is 14.1. The molecule has 0 bridgehead atoms. The molecule has 1 amide bonds. The number of nitrogens with zero attached hydrogens (tertiary/aromatic N) is 3. The van der Waals surface area contributed by atoms with Gasteiger partial charge in [-0.1, -0.05) is 18.2 Å². The van der Waals surface area contributed by atoms with Crippen molar-refractivity contribution in [2.75, 3.05) is 5.32 Å². The fourth-order valence-electron chi connectivity index (χ4n) is 2.64. The molecule has 3 aromatic rings. The number of amides is 1. The number of nitrogens with two attached hydrogens (primary N) is 1. The highest BCUT2D eigenvalue weighted by molar-refractivity contribution is 5.91. The Morgan fingerprint density at radius 2 is 1.90 bits per heavy atom. The molecule has 0 unspecified atom stereocenters. The van der Waals surface area contributed by atoms with Gasteiger partial charge in [0, 0.05) is 43.4 Å². The van der Waals surface area contributed by atoms with Crippen LogP contribution in [0.15, 0.2) is 42.9 Å². The molecule has 160 valence electrons. The number of carboxylic acids is 1. The van der Waals surface area contributed by atoms with Crippen LogP contribution in [0.2, 0.25) is 0 Å². The van der Waals surface area contributed by atoms with E-state index < -0.39 is 12.1 Å². The quantitative estimate of drug-likeness (QED) is 0.580. The number of aryl methyl sites for hydroxylation is 2. The maximum absolute atomic E-state index is 12.2. The highest BCUT2D eigenvalue weighted by Gasteiger charge is 2.38. The SMILES string of the molecule is Cn1ncc(CN)c1NC(=O)CCc1cccc2cnccc12.O=C(O)C(F)(F)F. The summed E-state index contributed by atoms with van der Waals surface area (Å²) >= 11 is 0. The van der Waals surface area contributed by atoms with Crippen molar-refractivity contribution in [2.24, 2.45) is 12.8 Å². The van der Waals surface area contributed by atoms with E-state index in [-0.39, 0.29) is 5.91 Å². The van der Waals surface area contributed by atoms with Crippen LogP contribution in [-0.4, -0.2) is 37.9 Å². The van der Waals surface area contributed by atoms with Crippen LogP contribution in [0.25, 0.3) is 10.8 Å². The number of rotatable bonds is 5. The Morgan fingerprint density at radius 3 is 2.53 bits per heavy atom. The summed E-state index contributed by atoms with van der Waals surface area (Å²) in [5.41, 5.74) is 7.63. The molecule has 0 aliphatic rings. The first-order valence-corrected chi connectivity index (χ1v) is 8.76. The lowest BCUT2D eigenvalue weighted by Gasteiger charge is -2.09. The molecule has 3 rings (SSSR count). The van der Waals surface area contributed by atoms with E-state index in [1.54, 1.807) is 24.1 Å². The highest BCUT2D eigenvalue weighted by atomic mass is 19.4. The zero-order valence-corrected chi connectivity index (χ0v) is 16.0. The number of benzene rings is 1. The smallest absolute Gasteiger partial charge is 0.475 e. The second-order valence-corrected chi connectivity index (χ2v) is 6.21. The van der Waals surface area contributed by atoms with Gasteiger partial charge < -0.3 is 16.2 Å². The molecule has 0 saturated heterocycles. The van der Waals surface area contributed by atoms with E-state index in [4.69, 9.17) is 15.6 Å². The van der Waals surface area contributed by atoms with Gasteiger partial charge >= 0.3 is 12.1 Å². The third-order valence-corrected chi connectivity index (χ3v) is 4.13. The number of hydrogen-bond donors (Lipinski definition) is 3. The van der Waals surface area contributed by atoms with Crippen molar-refractivity contribution in [1.82, 2.24) is 14.8 Å². The topological polar surface area (TPSA) is 123 Å². The second kappa shape index (κ2) is 9.83. The summed E-state index contributed by atoms with van der Waals surface area (Å²) in [6.07, 6.45) is 1.27. The number of aromatic nitrogens is 3. The Hall–Kier alpha value is -3.47. The first-order valence-electron chi connectivity index (χ1n) is 8.76. The van der Waals surface area contributed by atoms with E-state index in [2.05, 4.69) is 15.4 Å². The number of nitrogens with one attached hydrogen (secondary N) is 1. The normalized spacial score (nSPS) is 11.0. The molecule has 0 aliphatic carbocycles. The molecule has 0 radical (unpaired) electrons. The van der Waals surface area contributed by atoms with Gasteiger partial charge in [0.15, 0.2) is 0 Å². The van der Waals surface area contributed by atoms with Crippen LogP contribution in [0.3, 0.4) is 0 Å². The van der Waals surface area contributed by atoms with Gasteiger partial charge in [0.2, 0.25) is 5.91 Å². The Labute approximate surface area is 169 Å². The van der Waals surface area contributed by atoms with Crippen molar-refractivity contribution >= 4 is 28.5 Å². The van der Waals surface area contributed by atoms with Crippen LogP contribution in [0.1, 0.15) is 17.5 Å². The van der Waals surface area contributed by atoms with Crippen LogP contribution in [0, 0.1) is 0 Å². The number of alkyl halides is 3. The van der Waals surface area contributed by atoms with Crippen molar-refractivity contribution in [3.63, 3.8) is 0 Å². The lowest BCUT2D eigenvalue weighted by Crippen LogP contribution is -2.21. The second-order valence-electron chi connectivity index (χ2n) is 6.21. The molecular weight excluding hydrogens is 403 g/mol. The monoisotopic (exact) mass is 423 g/mol. The Morgan fingerprint density at radius 1 is 1.20 bits per heavy atom. The van der Waals surface area contributed by atoms with Crippen molar-refractivity contribution in [1.29, 1.82) is 0 Å². The van der Waals surface area contributed by atoms with E-state index >= 15 is 0 Å². The zero-order valence-electron chi connectivity index (χ0n) is 16.0. The average Bonchev–Trinajstić information content (AvgIpc) is 3.05. The van der Waals surface area contributed by atoms with Gasteiger partial charge in [0.25, 0.3) is 0 Å². The van der Waals surface area contributed by atoms with E-state index in [1.165, 1.54) is 0 Å². The Balaban J connectivity index is 0.000000396. The van der Waals surface area contributed by atoms with E-state index in [9.17, 15) is 18.0 Å². The van der Waals surface area contributed by atoms with Crippen LogP contribution in [-0.2, 0) is 29.6 Å². The largest absolute Gasteiger partial charge is 0.490 e. The molecule has 1 aromatic carbocycles. The van der Waals surface area contributed by atoms with Gasteiger partial charge in [0.05, 0.1) is 6.20 Å². The van der Waals surface area contributed by atoms with Crippen molar-refractivity contribution < 1.29 is 27.9 Å². The molecule has 0 atom stereocenters. The molecule has 2 heterocycles. The molecular formula is C19H20F3N5O3. The van der Waals surface area contributed by atoms with Gasteiger partial charge in [-0.05, 0) is 23.4 Å². The summed E-state index contributed by atoms with van der Waals surface area (Å²) in [5.74, 6) is -2.14. The minimum Gasteiger partial charge on any atom is -0.475 e. The Bertz CT molecular complexity index is 1030. The van der Waals surface area contributed by atoms with Crippen LogP contribution in [0.4, 0.5) is 19.0 Å². The minimum absolute atomic E-state index is 0.0469. The number of halogens is 3. The molecule has 2 aromatic heterocycles. The number of aliphatic carboxylic acids is 1. The van der Waals surface area contributed by atoms with E-state index in [1.807, 2.05) is 30.5 Å². The summed E-state index contributed by atoms with van der Waals surface area (Å²) < 4.78 is 33.4. The molecule has 0 spiro atoms. The van der Waals surface area contributed by atoms with E-state index in [0.717, 1.165) is 21.9 Å². The zero-order chi connectivity index (χ0) is 22.3. The predicted octanol–water partition coefficient (Wildman–Crippen LogP) is 2.63. The molecule has 8 nitrogen and oxygen atoms in total. The number of fused-ring (bicyclic) bond motifs is 1. The summed E-state index contributed by atoms with van der Waals surface area (Å²) in [7, 11) is 1.78. The number of anilines is 1. The highest BCUT2D eigenvalue weighted by Crippen LogP contribution is 2.19. The predicted molar refractivity (Wildman–Crippen MR) is 103 cm³/mol. The standard InChI is InChI=1S/C17H19N5O.C2HF3O2/c1-22-17(14(9-18)11-20-22)21-16(23)6-5-12-3-2-4-13-10-19-8-7-15(12)13;3-2(4,5)1(6)7/h2-4,7-8,10-11H,5-6,9,18H2,1H3,(H,21,23);(H,6,7). The minimum atomic E-state index is -5.08. The Kier molecular flexibility index (Phi) is 7.48. The van der Waals surface area contributed by atoms with Crippen molar-refractivity contribution in [2.45, 2.75) is 25.6 Å². The summed E-state index contributed by atoms with van der Waals surface area (Å²) in [6, 6.07) is 8.04. The van der Waals surface area contributed by atoms with Crippen LogP contribution < -0.4 is 11.1 Å². The summed E-state index contributed by atoms with van der Waals surface area (Å²) in [5, 5.41) is 16.4. The number of pyridine rings is 1. The number of carbonyl (C=O) groups excluding carboxylic acids is 1. The van der Waals surface area contributed by atoms with Gasteiger partial charge in [-0.2, -0.15) is 18.3 Å². The lowest BCUT2D eigenvalue weighted by molar-refractivity contribution is -0.192. The van der Waals surface area contributed by atoms with Crippen LogP contribution in [0.5, 0.6) is 0 Å². The van der Waals surface area contributed by atoms with Gasteiger partial charge in [-0.15, -0.1) is 0 Å². The number of carbonyl (C=O) groups is 2. The van der Waals surface area contributed by atoms with E-state index in [0.29, 0.717) is 25.2 Å². The van der Waals surface area contributed by atoms with Gasteiger partial charge in [0.1, 0.15) is 5.82 Å². The molecule has 11 heteroatoms. The fourth-order valence-corrected chi connectivity index (χ4v) is 2.64. The maximum atomic E-state index is 12.2. The maximum Gasteiger partial charge on any atom is 0.490 e. The number of hydrogen-bond acceptors (Lipinski definition) is 5. The third kappa shape index (κ3) is 6.01. The van der Waals surface area contributed by atoms with Gasteiger partial charge in [-0.3, -0.25) is 14.5 Å². The molecule has 0 fully saturated rings. The fraction of sp³-hybridized carbons (Fsp3) is 0.263. The average molecular weight is 423 g/mol. The summed E-state index contributed by atoms with van der Waals surface area (Å²) in [6.45, 7) is 0.347. The lowest BCUT2D eigenvalue weighted by atomic mass is 10.0. The van der Waals surface area contributed by atoms with Gasteiger partial charge in [-0.25, -0.2) is 4.79 Å². The third-order valence-electron chi connectivity index (χ3n) is 4.13. The summed E-state index contributed by atoms with van der Waals surface area (Å²) in [4.78, 5) is 25.3. The molecule has 0 saturated carbocycles. The van der Waals surface area contributed by atoms with Crippen molar-refractivity contribution in [3.8, 4) is 0 Å².